The predicted octanol–water partition coefficient (Wildman–Crippen LogP) is 1.99. The van der Waals surface area contributed by atoms with E-state index >= 15 is 0 Å². The first-order valence-corrected chi connectivity index (χ1v) is 7.08. The van der Waals surface area contributed by atoms with Crippen molar-refractivity contribution in [1.82, 2.24) is 4.90 Å². The molecule has 114 valence electrons. The van der Waals surface area contributed by atoms with Gasteiger partial charge in [0.25, 0.3) is 0 Å². The van der Waals surface area contributed by atoms with Crippen LogP contribution in [0.3, 0.4) is 0 Å². The number of nitrogens with two attached hydrogens (primary N) is 1. The van der Waals surface area contributed by atoms with Crippen LogP contribution < -0.4 is 11.1 Å². The normalized spacial score (nSPS) is 18.1. The number of halogens is 1. The number of benzene rings is 1. The van der Waals surface area contributed by atoms with Crippen molar-refractivity contribution in [3.63, 3.8) is 0 Å². The first-order valence-electron chi connectivity index (χ1n) is 7.08. The highest BCUT2D eigenvalue weighted by molar-refractivity contribution is 5.91. The van der Waals surface area contributed by atoms with Crippen molar-refractivity contribution in [2.75, 3.05) is 24.1 Å². The molecule has 1 saturated heterocycles. The second-order valence-electron chi connectivity index (χ2n) is 5.54. The number of nitrogens with one attached hydrogen (secondary N) is 1. The highest BCUT2D eigenvalue weighted by Gasteiger charge is 2.25. The Morgan fingerprint density at radius 1 is 1.52 bits per heavy atom. The highest BCUT2D eigenvalue weighted by Crippen LogP contribution is 2.18. The van der Waals surface area contributed by atoms with Gasteiger partial charge in [0.15, 0.2) is 0 Å². The molecule has 1 fully saturated rings. The number of nitrogens with zero attached hydrogens (tertiary/aromatic N) is 1. The van der Waals surface area contributed by atoms with Crippen LogP contribution in [0, 0.1) is 11.7 Å². The van der Waals surface area contributed by atoms with E-state index in [1.54, 1.807) is 4.90 Å². The smallest absolute Gasteiger partial charge is 0.224 e. The van der Waals surface area contributed by atoms with Crippen LogP contribution in [0.5, 0.6) is 0 Å². The maximum absolute atomic E-state index is 13.0. The Morgan fingerprint density at radius 2 is 2.29 bits per heavy atom. The fraction of sp³-hybridized carbons (Fsp3) is 0.467. The number of hydrogen-bond acceptors (Lipinski definition) is 3. The van der Waals surface area contributed by atoms with E-state index in [0.717, 1.165) is 6.54 Å². The molecule has 1 unspecified atom stereocenters. The molecule has 2 amide bonds. The van der Waals surface area contributed by atoms with Crippen molar-refractivity contribution >= 4 is 23.2 Å². The van der Waals surface area contributed by atoms with Crippen LogP contribution in [0.25, 0.3) is 0 Å². The lowest BCUT2D eigenvalue weighted by atomic mass is 10.2. The molecule has 0 aromatic heterocycles. The van der Waals surface area contributed by atoms with E-state index in [1.165, 1.54) is 18.2 Å². The van der Waals surface area contributed by atoms with Crippen molar-refractivity contribution < 1.29 is 14.0 Å². The minimum atomic E-state index is -0.505. The van der Waals surface area contributed by atoms with E-state index in [0.29, 0.717) is 37.4 Å². The SMILES string of the molecule is CC1CC(=O)N(CCCC(=O)Nc2ccc(F)c(N)c2)C1. The van der Waals surface area contributed by atoms with Crippen LogP contribution >= 0.6 is 0 Å². The van der Waals surface area contributed by atoms with E-state index < -0.39 is 5.82 Å². The van der Waals surface area contributed by atoms with Gasteiger partial charge in [-0.1, -0.05) is 6.92 Å². The lowest BCUT2D eigenvalue weighted by molar-refractivity contribution is -0.128. The average Bonchev–Trinajstić information content (AvgIpc) is 2.72. The summed E-state index contributed by atoms with van der Waals surface area (Å²) in [6.07, 6.45) is 1.53. The Balaban J connectivity index is 1.75. The molecule has 1 aromatic rings. The maximum atomic E-state index is 13.0. The van der Waals surface area contributed by atoms with Gasteiger partial charge < -0.3 is 16.0 Å². The quantitative estimate of drug-likeness (QED) is 0.815. The molecule has 1 aromatic carbocycles. The molecular weight excluding hydrogens is 273 g/mol. The summed E-state index contributed by atoms with van der Waals surface area (Å²) < 4.78 is 13.0. The van der Waals surface area contributed by atoms with Crippen LogP contribution in [-0.4, -0.2) is 29.8 Å². The Hall–Kier alpha value is -2.11. The first-order chi connectivity index (χ1) is 9.95. The van der Waals surface area contributed by atoms with E-state index in [4.69, 9.17) is 5.73 Å². The molecule has 2 rings (SSSR count). The van der Waals surface area contributed by atoms with E-state index in [2.05, 4.69) is 5.32 Å². The fourth-order valence-electron chi connectivity index (χ4n) is 2.46. The topological polar surface area (TPSA) is 75.4 Å². The van der Waals surface area contributed by atoms with Gasteiger partial charge in [-0.3, -0.25) is 9.59 Å². The summed E-state index contributed by atoms with van der Waals surface area (Å²) >= 11 is 0. The van der Waals surface area contributed by atoms with Crippen molar-refractivity contribution in [2.45, 2.75) is 26.2 Å². The molecule has 1 aliphatic heterocycles. The van der Waals surface area contributed by atoms with Gasteiger partial charge in [0.1, 0.15) is 5.82 Å². The Kier molecular flexibility index (Phi) is 4.77. The Labute approximate surface area is 123 Å². The molecule has 5 nitrogen and oxygen atoms in total. The summed E-state index contributed by atoms with van der Waals surface area (Å²) in [5, 5.41) is 2.67. The summed E-state index contributed by atoms with van der Waals surface area (Å²) in [7, 11) is 0. The maximum Gasteiger partial charge on any atom is 0.224 e. The molecule has 0 saturated carbocycles. The van der Waals surface area contributed by atoms with Crippen molar-refractivity contribution in [3.8, 4) is 0 Å². The number of carbonyl (C=O) groups excluding carboxylic acids is 2. The van der Waals surface area contributed by atoms with Gasteiger partial charge in [0, 0.05) is 31.6 Å². The van der Waals surface area contributed by atoms with Gasteiger partial charge >= 0.3 is 0 Å². The second kappa shape index (κ2) is 6.56. The lowest BCUT2D eigenvalue weighted by Gasteiger charge is -2.15. The average molecular weight is 293 g/mol. The molecule has 0 radical (unpaired) electrons. The molecular formula is C15H20FN3O2. The molecule has 0 aliphatic carbocycles. The Morgan fingerprint density at radius 3 is 2.90 bits per heavy atom. The molecule has 0 spiro atoms. The largest absolute Gasteiger partial charge is 0.396 e. The fourth-order valence-corrected chi connectivity index (χ4v) is 2.46. The molecule has 0 bridgehead atoms. The summed E-state index contributed by atoms with van der Waals surface area (Å²) in [5.74, 6) is -0.113. The van der Waals surface area contributed by atoms with Crippen LogP contribution in [0.4, 0.5) is 15.8 Å². The third kappa shape index (κ3) is 4.18. The van der Waals surface area contributed by atoms with Crippen LogP contribution in [0.2, 0.25) is 0 Å². The number of likely N-dealkylation sites (tertiary alicyclic amines) is 1. The van der Waals surface area contributed by atoms with Gasteiger partial charge in [-0.05, 0) is 30.5 Å². The zero-order valence-electron chi connectivity index (χ0n) is 12.1. The van der Waals surface area contributed by atoms with Gasteiger partial charge in [-0.25, -0.2) is 4.39 Å². The number of rotatable bonds is 5. The number of carbonyl (C=O) groups is 2. The summed E-state index contributed by atoms with van der Waals surface area (Å²) in [6.45, 7) is 3.42. The van der Waals surface area contributed by atoms with Crippen molar-refractivity contribution in [2.24, 2.45) is 5.92 Å². The van der Waals surface area contributed by atoms with E-state index in [1.807, 2.05) is 6.92 Å². The summed E-state index contributed by atoms with van der Waals surface area (Å²) in [4.78, 5) is 25.2. The third-order valence-corrected chi connectivity index (χ3v) is 3.52. The highest BCUT2D eigenvalue weighted by atomic mass is 19.1. The lowest BCUT2D eigenvalue weighted by Crippen LogP contribution is -2.27. The van der Waals surface area contributed by atoms with Gasteiger partial charge in [0.05, 0.1) is 5.69 Å². The minimum Gasteiger partial charge on any atom is -0.396 e. The molecule has 3 N–H and O–H groups in total. The van der Waals surface area contributed by atoms with Gasteiger partial charge in [-0.15, -0.1) is 0 Å². The van der Waals surface area contributed by atoms with Crippen LogP contribution in [-0.2, 0) is 9.59 Å². The van der Waals surface area contributed by atoms with Gasteiger partial charge in [0.2, 0.25) is 11.8 Å². The second-order valence-corrected chi connectivity index (χ2v) is 5.54. The number of nitrogen functional groups attached to an aromatic ring is 1. The van der Waals surface area contributed by atoms with Gasteiger partial charge in [-0.2, -0.15) is 0 Å². The zero-order valence-corrected chi connectivity index (χ0v) is 12.1. The molecule has 1 aliphatic rings. The van der Waals surface area contributed by atoms with Crippen LogP contribution in [0.15, 0.2) is 18.2 Å². The molecule has 1 heterocycles. The molecule has 1 atom stereocenters. The standard InChI is InChI=1S/C15H20FN3O2/c1-10-7-15(21)19(9-10)6-2-3-14(20)18-11-4-5-12(16)13(17)8-11/h4-5,8,10H,2-3,6-7,9,17H2,1H3,(H,18,20). The van der Waals surface area contributed by atoms with E-state index in [9.17, 15) is 14.0 Å². The van der Waals surface area contributed by atoms with E-state index in [-0.39, 0.29) is 17.5 Å². The van der Waals surface area contributed by atoms with Crippen molar-refractivity contribution in [3.05, 3.63) is 24.0 Å². The number of amides is 2. The molecule has 6 heteroatoms. The predicted molar refractivity (Wildman–Crippen MR) is 79.0 cm³/mol. The zero-order chi connectivity index (χ0) is 15.4. The number of hydrogen-bond donors (Lipinski definition) is 2. The van der Waals surface area contributed by atoms with Crippen molar-refractivity contribution in [1.29, 1.82) is 0 Å². The summed E-state index contributed by atoms with van der Waals surface area (Å²) in [5.41, 5.74) is 5.92. The minimum absolute atomic E-state index is 0.00412. The number of anilines is 2. The first kappa shape index (κ1) is 15.3. The monoisotopic (exact) mass is 293 g/mol. The van der Waals surface area contributed by atoms with Crippen LogP contribution in [0.1, 0.15) is 26.2 Å². The Bertz CT molecular complexity index is 548. The molecule has 21 heavy (non-hydrogen) atoms. The third-order valence-electron chi connectivity index (χ3n) is 3.52. The summed E-state index contributed by atoms with van der Waals surface area (Å²) in [6, 6.07) is 4.07.